The molecule has 1 atom stereocenters. The van der Waals surface area contributed by atoms with Crippen molar-refractivity contribution in [2.24, 2.45) is 10.9 Å². The Morgan fingerprint density at radius 3 is 2.36 bits per heavy atom. The summed E-state index contributed by atoms with van der Waals surface area (Å²) in [6.45, 7) is 0. The summed E-state index contributed by atoms with van der Waals surface area (Å²) in [6, 6.07) is -1.10. The summed E-state index contributed by atoms with van der Waals surface area (Å²) >= 11 is 0. The molecule has 0 aliphatic heterocycles. The Hall–Kier alpha value is -0.760. The number of carbonyl (C=O) groups excluding carboxylic acids is 1. The van der Waals surface area contributed by atoms with Crippen LogP contribution in [0.2, 0.25) is 0 Å². The third-order valence-corrected chi connectivity index (χ3v) is 2.09. The van der Waals surface area contributed by atoms with Crippen LogP contribution in [-0.2, 0) is 4.79 Å². The minimum absolute atomic E-state index is 0.0866. The van der Waals surface area contributed by atoms with Crippen LogP contribution in [0.1, 0.15) is 19.3 Å². The highest BCUT2D eigenvalue weighted by Gasteiger charge is 2.33. The van der Waals surface area contributed by atoms with Crippen molar-refractivity contribution < 1.29 is 13.6 Å². The van der Waals surface area contributed by atoms with Gasteiger partial charge < -0.3 is 0 Å². The zero-order chi connectivity index (χ0) is 8.27. The van der Waals surface area contributed by atoms with E-state index in [2.05, 4.69) is 4.99 Å². The summed E-state index contributed by atoms with van der Waals surface area (Å²) < 4.78 is 24.2. The minimum Gasteiger partial charge on any atom is -0.211 e. The molecule has 0 radical (unpaired) electrons. The number of halogens is 2. The van der Waals surface area contributed by atoms with E-state index >= 15 is 0 Å². The van der Waals surface area contributed by atoms with Gasteiger partial charge in [0, 0.05) is 0 Å². The second kappa shape index (κ2) is 3.58. The third-order valence-electron chi connectivity index (χ3n) is 2.09. The maximum absolute atomic E-state index is 12.1. The normalized spacial score (nSPS) is 20.6. The van der Waals surface area contributed by atoms with Crippen LogP contribution in [0.15, 0.2) is 4.99 Å². The molecule has 11 heavy (non-hydrogen) atoms. The lowest BCUT2D eigenvalue weighted by Crippen LogP contribution is -2.31. The number of alkyl halides is 2. The molecule has 1 aliphatic rings. The summed E-state index contributed by atoms with van der Waals surface area (Å²) in [7, 11) is 0. The highest BCUT2D eigenvalue weighted by Crippen LogP contribution is 2.33. The first-order chi connectivity index (χ1) is 5.25. The molecule has 0 bridgehead atoms. The molecule has 1 unspecified atom stereocenters. The monoisotopic (exact) mass is 161 g/mol. The van der Waals surface area contributed by atoms with Gasteiger partial charge in [-0.3, -0.25) is 0 Å². The largest absolute Gasteiger partial charge is 0.261 e. The maximum Gasteiger partial charge on any atom is 0.261 e. The van der Waals surface area contributed by atoms with Gasteiger partial charge in [0.05, 0.1) is 0 Å². The summed E-state index contributed by atoms with van der Waals surface area (Å²) in [4.78, 5) is 12.8. The van der Waals surface area contributed by atoms with E-state index in [0.717, 1.165) is 19.3 Å². The lowest BCUT2D eigenvalue weighted by Gasteiger charge is -2.29. The van der Waals surface area contributed by atoms with Crippen LogP contribution in [0.25, 0.3) is 0 Å². The van der Waals surface area contributed by atoms with E-state index in [1.807, 2.05) is 0 Å². The van der Waals surface area contributed by atoms with E-state index in [1.165, 1.54) is 6.08 Å². The second-order valence-electron chi connectivity index (χ2n) is 2.74. The molecule has 0 heterocycles. The molecule has 1 rings (SSSR count). The van der Waals surface area contributed by atoms with E-state index in [-0.39, 0.29) is 5.92 Å². The van der Waals surface area contributed by atoms with Crippen LogP contribution in [0.3, 0.4) is 0 Å². The van der Waals surface area contributed by atoms with Crippen molar-refractivity contribution in [2.45, 2.75) is 31.7 Å². The standard InChI is InChI=1S/C7H9F2NO/c8-7(9)6(10-4-11)5-2-1-3-5/h5-7H,1-3H2. The van der Waals surface area contributed by atoms with Crippen LogP contribution in [0.4, 0.5) is 8.78 Å². The molecule has 0 N–H and O–H groups in total. The fraction of sp³-hybridized carbons (Fsp3) is 0.857. The van der Waals surface area contributed by atoms with Crippen molar-refractivity contribution >= 4 is 6.08 Å². The predicted molar refractivity (Wildman–Crippen MR) is 35.3 cm³/mol. The smallest absolute Gasteiger partial charge is 0.211 e. The number of isocyanates is 1. The van der Waals surface area contributed by atoms with Crippen molar-refractivity contribution in [2.75, 3.05) is 0 Å². The molecule has 1 fully saturated rings. The second-order valence-corrected chi connectivity index (χ2v) is 2.74. The molecular weight excluding hydrogens is 152 g/mol. The fourth-order valence-electron chi connectivity index (χ4n) is 1.21. The number of hydrogen-bond acceptors (Lipinski definition) is 2. The quantitative estimate of drug-likeness (QED) is 0.458. The molecule has 62 valence electrons. The summed E-state index contributed by atoms with van der Waals surface area (Å²) in [5, 5.41) is 0. The minimum atomic E-state index is -2.51. The van der Waals surface area contributed by atoms with Crippen molar-refractivity contribution in [1.82, 2.24) is 0 Å². The third kappa shape index (κ3) is 1.84. The van der Waals surface area contributed by atoms with E-state index in [4.69, 9.17) is 0 Å². The Morgan fingerprint density at radius 2 is 2.09 bits per heavy atom. The van der Waals surface area contributed by atoms with Gasteiger partial charge in [-0.25, -0.2) is 13.6 Å². The average Bonchev–Trinajstić information content (AvgIpc) is 1.82. The molecule has 1 aliphatic carbocycles. The Balaban J connectivity index is 2.50. The number of rotatable bonds is 3. The summed E-state index contributed by atoms with van der Waals surface area (Å²) in [6.07, 6.45) is 1.18. The molecule has 4 heteroatoms. The van der Waals surface area contributed by atoms with Crippen LogP contribution < -0.4 is 0 Å². The molecule has 2 nitrogen and oxygen atoms in total. The van der Waals surface area contributed by atoms with Crippen molar-refractivity contribution in [3.63, 3.8) is 0 Å². The first-order valence-electron chi connectivity index (χ1n) is 3.61. The first kappa shape index (κ1) is 8.34. The van der Waals surface area contributed by atoms with Gasteiger partial charge in [0.15, 0.2) is 0 Å². The molecule has 1 saturated carbocycles. The van der Waals surface area contributed by atoms with Gasteiger partial charge in [0.25, 0.3) is 6.43 Å². The van der Waals surface area contributed by atoms with Crippen molar-refractivity contribution in [3.05, 3.63) is 0 Å². The highest BCUT2D eigenvalue weighted by molar-refractivity contribution is 5.33. The van der Waals surface area contributed by atoms with Gasteiger partial charge in [-0.2, -0.15) is 4.99 Å². The molecule has 0 aromatic heterocycles. The van der Waals surface area contributed by atoms with E-state index in [9.17, 15) is 13.6 Å². The van der Waals surface area contributed by atoms with Gasteiger partial charge in [-0.15, -0.1) is 0 Å². The van der Waals surface area contributed by atoms with Crippen molar-refractivity contribution in [3.8, 4) is 0 Å². The van der Waals surface area contributed by atoms with Gasteiger partial charge in [-0.1, -0.05) is 6.42 Å². The fourth-order valence-corrected chi connectivity index (χ4v) is 1.21. The van der Waals surface area contributed by atoms with E-state index < -0.39 is 12.5 Å². The molecular formula is C7H9F2NO. The van der Waals surface area contributed by atoms with Crippen LogP contribution in [-0.4, -0.2) is 18.5 Å². The Kier molecular flexibility index (Phi) is 2.71. The Morgan fingerprint density at radius 1 is 1.45 bits per heavy atom. The molecule has 0 amide bonds. The number of aliphatic imine (C=N–C) groups is 1. The SMILES string of the molecule is O=C=NC(C(F)F)C1CCC1. The molecule has 0 saturated heterocycles. The van der Waals surface area contributed by atoms with Crippen LogP contribution >= 0.6 is 0 Å². The first-order valence-corrected chi connectivity index (χ1v) is 3.61. The zero-order valence-electron chi connectivity index (χ0n) is 5.96. The van der Waals surface area contributed by atoms with E-state index in [0.29, 0.717) is 0 Å². The van der Waals surface area contributed by atoms with Crippen LogP contribution in [0.5, 0.6) is 0 Å². The average molecular weight is 161 g/mol. The molecule has 0 aromatic carbocycles. The lowest BCUT2D eigenvalue weighted by atomic mass is 9.80. The van der Waals surface area contributed by atoms with Crippen LogP contribution in [0, 0.1) is 5.92 Å². The van der Waals surface area contributed by atoms with Gasteiger partial charge >= 0.3 is 0 Å². The summed E-state index contributed by atoms with van der Waals surface area (Å²) in [5.41, 5.74) is 0. The predicted octanol–water partition coefficient (Wildman–Crippen LogP) is 1.76. The molecule has 0 spiro atoms. The summed E-state index contributed by atoms with van der Waals surface area (Å²) in [5.74, 6) is -0.0866. The number of nitrogens with zero attached hydrogens (tertiary/aromatic N) is 1. The zero-order valence-corrected chi connectivity index (χ0v) is 5.96. The van der Waals surface area contributed by atoms with Gasteiger partial charge in [0.1, 0.15) is 6.04 Å². The van der Waals surface area contributed by atoms with Gasteiger partial charge in [-0.05, 0) is 18.8 Å². The molecule has 0 aromatic rings. The highest BCUT2D eigenvalue weighted by atomic mass is 19.3. The van der Waals surface area contributed by atoms with Crippen molar-refractivity contribution in [1.29, 1.82) is 0 Å². The van der Waals surface area contributed by atoms with E-state index in [1.54, 1.807) is 0 Å². The number of hydrogen-bond donors (Lipinski definition) is 0. The Labute approximate surface area is 63.3 Å². The maximum atomic E-state index is 12.1. The van der Waals surface area contributed by atoms with Gasteiger partial charge in [0.2, 0.25) is 6.08 Å². The Bertz CT molecular complexity index is 173. The lowest BCUT2D eigenvalue weighted by molar-refractivity contribution is 0.0663. The topological polar surface area (TPSA) is 29.4 Å².